The summed E-state index contributed by atoms with van der Waals surface area (Å²) in [5.41, 5.74) is -4.99. The standard InChI is InChI=1S/C27H25F3O4S/c28-27(29,30)35(32,33)34-25-18-8-7-17-24(25)21-26(31,19-9-15-22-11-3-1-4-12-22)20-10-16-23-13-5-2-6-14-23/h1-18,31H,19-21H2/b15-9+,16-10+. The molecule has 35 heavy (non-hydrogen) atoms. The molecule has 8 heteroatoms. The molecule has 184 valence electrons. The first-order valence-corrected chi connectivity index (χ1v) is 12.2. The summed E-state index contributed by atoms with van der Waals surface area (Å²) in [4.78, 5) is 0. The van der Waals surface area contributed by atoms with Crippen LogP contribution in [0.4, 0.5) is 13.2 Å². The fraction of sp³-hybridized carbons (Fsp3) is 0.185. The normalized spacial score (nSPS) is 12.9. The van der Waals surface area contributed by atoms with Gasteiger partial charge in [0.05, 0.1) is 5.60 Å². The second kappa shape index (κ2) is 11.4. The largest absolute Gasteiger partial charge is 0.534 e. The molecule has 0 bridgehead atoms. The summed E-state index contributed by atoms with van der Waals surface area (Å²) in [5, 5.41) is 11.5. The highest BCUT2D eigenvalue weighted by atomic mass is 32.2. The van der Waals surface area contributed by atoms with Crippen molar-refractivity contribution in [3.8, 4) is 5.75 Å². The number of alkyl halides is 3. The molecule has 0 heterocycles. The molecular weight excluding hydrogens is 477 g/mol. The van der Waals surface area contributed by atoms with Gasteiger partial charge in [-0.2, -0.15) is 21.6 Å². The van der Waals surface area contributed by atoms with Gasteiger partial charge in [0.1, 0.15) is 5.75 Å². The first-order chi connectivity index (χ1) is 16.6. The van der Waals surface area contributed by atoms with Gasteiger partial charge in [-0.05, 0) is 35.6 Å². The Morgan fingerprint density at radius 1 is 0.743 bits per heavy atom. The Kier molecular flexibility index (Phi) is 8.53. The molecule has 3 aromatic carbocycles. The summed E-state index contributed by atoms with van der Waals surface area (Å²) in [6.45, 7) is 0. The summed E-state index contributed by atoms with van der Waals surface area (Å²) in [6.07, 6.45) is 7.44. The fourth-order valence-electron chi connectivity index (χ4n) is 3.44. The molecule has 3 aromatic rings. The molecule has 0 saturated carbocycles. The van der Waals surface area contributed by atoms with Crippen LogP contribution in [0.25, 0.3) is 12.2 Å². The molecule has 0 amide bonds. The van der Waals surface area contributed by atoms with E-state index in [9.17, 15) is 26.7 Å². The minimum atomic E-state index is -5.84. The lowest BCUT2D eigenvalue weighted by Gasteiger charge is -2.27. The van der Waals surface area contributed by atoms with Gasteiger partial charge < -0.3 is 9.29 Å². The maximum atomic E-state index is 12.9. The van der Waals surface area contributed by atoms with E-state index in [1.807, 2.05) is 72.8 Å². The Balaban J connectivity index is 1.86. The predicted octanol–water partition coefficient (Wildman–Crippen LogP) is 6.40. The molecule has 0 spiro atoms. The first kappa shape index (κ1) is 26.2. The number of rotatable bonds is 10. The van der Waals surface area contributed by atoms with Crippen LogP contribution in [-0.4, -0.2) is 24.6 Å². The van der Waals surface area contributed by atoms with Gasteiger partial charge in [0.15, 0.2) is 0 Å². The highest BCUT2D eigenvalue weighted by Gasteiger charge is 2.48. The van der Waals surface area contributed by atoms with Crippen molar-refractivity contribution in [1.29, 1.82) is 0 Å². The van der Waals surface area contributed by atoms with Crippen molar-refractivity contribution in [3.05, 3.63) is 114 Å². The van der Waals surface area contributed by atoms with Crippen molar-refractivity contribution in [1.82, 2.24) is 0 Å². The summed E-state index contributed by atoms with van der Waals surface area (Å²) in [7, 11) is -5.84. The van der Waals surface area contributed by atoms with Crippen LogP contribution in [-0.2, 0) is 16.5 Å². The number of hydrogen-bond acceptors (Lipinski definition) is 4. The van der Waals surface area contributed by atoms with Crippen molar-refractivity contribution in [2.45, 2.75) is 30.4 Å². The number of hydrogen-bond donors (Lipinski definition) is 1. The van der Waals surface area contributed by atoms with Crippen LogP contribution in [0.5, 0.6) is 5.75 Å². The van der Waals surface area contributed by atoms with Crippen LogP contribution in [0.15, 0.2) is 97.1 Å². The zero-order valence-corrected chi connectivity index (χ0v) is 19.5. The molecule has 0 aliphatic rings. The zero-order valence-electron chi connectivity index (χ0n) is 18.7. The number of para-hydroxylation sites is 1. The van der Waals surface area contributed by atoms with Gasteiger partial charge in [0, 0.05) is 6.42 Å². The average Bonchev–Trinajstić information content (AvgIpc) is 2.81. The molecule has 0 radical (unpaired) electrons. The van der Waals surface area contributed by atoms with E-state index in [1.165, 1.54) is 12.1 Å². The molecule has 0 aliphatic heterocycles. The number of benzene rings is 3. The molecule has 0 atom stereocenters. The van der Waals surface area contributed by atoms with E-state index in [-0.39, 0.29) is 24.8 Å². The fourth-order valence-corrected chi connectivity index (χ4v) is 3.93. The minimum absolute atomic E-state index is 0.130. The molecule has 0 fully saturated rings. The Labute approximate surface area is 203 Å². The van der Waals surface area contributed by atoms with Crippen molar-refractivity contribution in [3.63, 3.8) is 0 Å². The second-order valence-electron chi connectivity index (χ2n) is 8.03. The zero-order chi connectivity index (χ0) is 25.4. The van der Waals surface area contributed by atoms with E-state index in [4.69, 9.17) is 0 Å². The van der Waals surface area contributed by atoms with Crippen molar-refractivity contribution in [2.24, 2.45) is 0 Å². The molecular formula is C27H25F3O4S. The van der Waals surface area contributed by atoms with E-state index in [0.717, 1.165) is 17.2 Å². The highest BCUT2D eigenvalue weighted by molar-refractivity contribution is 7.88. The third-order valence-electron chi connectivity index (χ3n) is 5.19. The number of aliphatic hydroxyl groups is 1. The molecule has 0 unspecified atom stereocenters. The quantitative estimate of drug-likeness (QED) is 0.258. The van der Waals surface area contributed by atoms with Crippen molar-refractivity contribution < 1.29 is 30.9 Å². The Morgan fingerprint density at radius 2 is 1.20 bits per heavy atom. The van der Waals surface area contributed by atoms with Crippen LogP contribution in [0.2, 0.25) is 0 Å². The van der Waals surface area contributed by atoms with Gasteiger partial charge in [0.25, 0.3) is 0 Å². The van der Waals surface area contributed by atoms with Gasteiger partial charge in [-0.15, -0.1) is 0 Å². The Bertz CT molecular complexity index is 1200. The van der Waals surface area contributed by atoms with Crippen molar-refractivity contribution >= 4 is 22.3 Å². The van der Waals surface area contributed by atoms with Gasteiger partial charge in [-0.25, -0.2) is 0 Å². The second-order valence-corrected chi connectivity index (χ2v) is 9.56. The van der Waals surface area contributed by atoms with Crippen LogP contribution < -0.4 is 4.18 Å². The summed E-state index contributed by atoms with van der Waals surface area (Å²) >= 11 is 0. The predicted molar refractivity (Wildman–Crippen MR) is 131 cm³/mol. The lowest BCUT2D eigenvalue weighted by Crippen LogP contribution is -2.32. The van der Waals surface area contributed by atoms with Crippen LogP contribution in [0.3, 0.4) is 0 Å². The maximum absolute atomic E-state index is 12.9. The Morgan fingerprint density at radius 3 is 1.69 bits per heavy atom. The van der Waals surface area contributed by atoms with Crippen LogP contribution in [0.1, 0.15) is 29.5 Å². The third-order valence-corrected chi connectivity index (χ3v) is 6.16. The molecule has 0 aromatic heterocycles. The molecule has 0 saturated heterocycles. The van der Waals surface area contributed by atoms with Gasteiger partial charge in [-0.3, -0.25) is 0 Å². The maximum Gasteiger partial charge on any atom is 0.534 e. The van der Waals surface area contributed by atoms with E-state index < -0.39 is 27.0 Å². The third kappa shape index (κ3) is 7.83. The van der Waals surface area contributed by atoms with E-state index in [0.29, 0.717) is 0 Å². The molecule has 4 nitrogen and oxygen atoms in total. The Hall–Kier alpha value is -3.36. The van der Waals surface area contributed by atoms with Gasteiger partial charge >= 0.3 is 15.6 Å². The van der Waals surface area contributed by atoms with Crippen molar-refractivity contribution in [2.75, 3.05) is 0 Å². The topological polar surface area (TPSA) is 63.6 Å². The smallest absolute Gasteiger partial charge is 0.389 e. The molecule has 0 aliphatic carbocycles. The van der Waals surface area contributed by atoms with E-state index in [1.54, 1.807) is 18.2 Å². The average molecular weight is 503 g/mol. The monoisotopic (exact) mass is 502 g/mol. The highest BCUT2D eigenvalue weighted by Crippen LogP contribution is 2.32. The number of halogens is 3. The minimum Gasteiger partial charge on any atom is -0.389 e. The van der Waals surface area contributed by atoms with Crippen LogP contribution in [0, 0.1) is 0 Å². The lowest BCUT2D eigenvalue weighted by molar-refractivity contribution is -0.0500. The summed E-state index contributed by atoms with van der Waals surface area (Å²) in [5.74, 6) is -0.470. The van der Waals surface area contributed by atoms with E-state index in [2.05, 4.69) is 4.18 Å². The molecule has 3 rings (SSSR count). The first-order valence-electron chi connectivity index (χ1n) is 10.8. The summed E-state index contributed by atoms with van der Waals surface area (Å²) < 4.78 is 66.1. The van der Waals surface area contributed by atoms with Gasteiger partial charge in [-0.1, -0.05) is 103 Å². The lowest BCUT2D eigenvalue weighted by atomic mass is 9.87. The van der Waals surface area contributed by atoms with Crippen LogP contribution >= 0.6 is 0 Å². The SMILES string of the molecule is O=S(=O)(Oc1ccccc1CC(O)(C/C=C/c1ccccc1)C/C=C/c1ccccc1)C(F)(F)F. The van der Waals surface area contributed by atoms with Gasteiger partial charge in [0.2, 0.25) is 0 Å². The molecule has 1 N–H and O–H groups in total. The van der Waals surface area contributed by atoms with E-state index >= 15 is 0 Å². The summed E-state index contributed by atoms with van der Waals surface area (Å²) in [6, 6.07) is 24.4.